The van der Waals surface area contributed by atoms with Gasteiger partial charge in [-0.3, -0.25) is 4.79 Å². The number of likely N-dealkylation sites (tertiary alicyclic amines) is 1. The molecular weight excluding hydrogens is 404 g/mol. The second-order valence-electron chi connectivity index (χ2n) is 8.60. The van der Waals surface area contributed by atoms with Crippen LogP contribution in [0.1, 0.15) is 45.8 Å². The van der Waals surface area contributed by atoms with Gasteiger partial charge in [0, 0.05) is 19.2 Å². The van der Waals surface area contributed by atoms with Crippen LogP contribution in [0.15, 0.2) is 59.1 Å². The van der Waals surface area contributed by atoms with Crippen molar-refractivity contribution in [2.75, 3.05) is 13.1 Å². The van der Waals surface area contributed by atoms with E-state index in [0.717, 1.165) is 29.7 Å². The summed E-state index contributed by atoms with van der Waals surface area (Å²) in [5.74, 6) is 1.33. The third-order valence-electron chi connectivity index (χ3n) is 6.30. The van der Waals surface area contributed by atoms with Crippen molar-refractivity contribution in [3.05, 3.63) is 82.7 Å². The molecule has 0 spiro atoms. The summed E-state index contributed by atoms with van der Waals surface area (Å²) in [7, 11) is 0. The number of hydrogen-bond donors (Lipinski definition) is 1. The lowest BCUT2D eigenvalue weighted by Gasteiger charge is -2.34. The van der Waals surface area contributed by atoms with Gasteiger partial charge in [-0.05, 0) is 67.9 Å². The fourth-order valence-electron chi connectivity index (χ4n) is 4.11. The van der Waals surface area contributed by atoms with Crippen LogP contribution in [0, 0.1) is 19.8 Å². The molecule has 1 fully saturated rings. The number of benzene rings is 2. The molecule has 1 amide bonds. The molecule has 168 valence electrons. The van der Waals surface area contributed by atoms with E-state index in [4.69, 9.17) is 9.26 Å². The maximum absolute atomic E-state index is 12.8. The number of ether oxygens (including phenoxy) is 1. The van der Waals surface area contributed by atoms with Gasteiger partial charge in [-0.1, -0.05) is 41.6 Å². The number of carbonyl (C=O) groups excluding carboxylic acids is 1. The predicted molar refractivity (Wildman–Crippen MR) is 122 cm³/mol. The van der Waals surface area contributed by atoms with E-state index in [1.54, 1.807) is 11.0 Å². The maximum Gasteiger partial charge on any atom is 0.276 e. The molecule has 1 aromatic heterocycles. The molecule has 0 saturated carbocycles. The molecule has 1 aliphatic rings. The minimum Gasteiger partial charge on any atom is -0.486 e. The molecule has 2 heterocycles. The Hall–Kier alpha value is -3.12. The van der Waals surface area contributed by atoms with Crippen molar-refractivity contribution < 1.29 is 19.2 Å². The number of hydrogen-bond acceptors (Lipinski definition) is 5. The average Bonchev–Trinajstić information content (AvgIpc) is 3.29. The second kappa shape index (κ2) is 10.0. The Kier molecular flexibility index (Phi) is 6.90. The summed E-state index contributed by atoms with van der Waals surface area (Å²) in [5, 5.41) is 14.6. The molecule has 1 N–H and O–H groups in total. The van der Waals surface area contributed by atoms with Crippen LogP contribution in [0.4, 0.5) is 0 Å². The summed E-state index contributed by atoms with van der Waals surface area (Å²) in [6.07, 6.45) is 1.81. The van der Waals surface area contributed by atoms with Crippen molar-refractivity contribution in [3.8, 4) is 5.75 Å². The van der Waals surface area contributed by atoms with Gasteiger partial charge in [-0.2, -0.15) is 0 Å². The van der Waals surface area contributed by atoms with E-state index >= 15 is 0 Å². The Morgan fingerprint density at radius 3 is 2.59 bits per heavy atom. The van der Waals surface area contributed by atoms with Gasteiger partial charge in [-0.15, -0.1) is 0 Å². The summed E-state index contributed by atoms with van der Waals surface area (Å²) in [4.78, 5) is 14.6. The first-order chi connectivity index (χ1) is 15.5. The number of aryl methyl sites for hydroxylation is 2. The molecule has 4 rings (SSSR count). The smallest absolute Gasteiger partial charge is 0.276 e. The van der Waals surface area contributed by atoms with Crippen molar-refractivity contribution in [3.63, 3.8) is 0 Å². The SMILES string of the molecule is Cc1ccc(OCc2cc(C(=O)N3CCC(C(O)Cc4ccccc4)CC3)no2)cc1C. The quantitative estimate of drug-likeness (QED) is 0.599. The number of piperidine rings is 1. The first kappa shape index (κ1) is 22.1. The van der Waals surface area contributed by atoms with Crippen LogP contribution in [0.3, 0.4) is 0 Å². The number of aromatic nitrogens is 1. The van der Waals surface area contributed by atoms with Crippen molar-refractivity contribution >= 4 is 5.91 Å². The molecule has 1 atom stereocenters. The van der Waals surface area contributed by atoms with Gasteiger partial charge < -0.3 is 19.3 Å². The average molecular weight is 435 g/mol. The number of aliphatic hydroxyl groups excluding tert-OH is 1. The standard InChI is InChI=1S/C26H30N2O4/c1-18-8-9-22(14-19(18)2)31-17-23-16-24(27-32-23)26(30)28-12-10-21(11-13-28)25(29)15-20-6-4-3-5-7-20/h3-9,14,16,21,25,29H,10-13,15,17H2,1-2H3. The van der Waals surface area contributed by atoms with E-state index in [0.29, 0.717) is 31.0 Å². The summed E-state index contributed by atoms with van der Waals surface area (Å²) >= 11 is 0. The highest BCUT2D eigenvalue weighted by atomic mass is 16.5. The largest absolute Gasteiger partial charge is 0.486 e. The second-order valence-corrected chi connectivity index (χ2v) is 8.60. The third kappa shape index (κ3) is 5.37. The molecule has 1 aliphatic heterocycles. The Morgan fingerprint density at radius 1 is 1.12 bits per heavy atom. The molecule has 0 radical (unpaired) electrons. The molecular formula is C26H30N2O4. The number of amides is 1. The van der Waals surface area contributed by atoms with E-state index in [2.05, 4.69) is 12.1 Å². The molecule has 6 nitrogen and oxygen atoms in total. The van der Waals surface area contributed by atoms with Crippen LogP contribution in [0.2, 0.25) is 0 Å². The van der Waals surface area contributed by atoms with Gasteiger partial charge in [0.2, 0.25) is 0 Å². The van der Waals surface area contributed by atoms with Gasteiger partial charge >= 0.3 is 0 Å². The highest BCUT2D eigenvalue weighted by molar-refractivity contribution is 5.92. The number of carbonyl (C=O) groups is 1. The lowest BCUT2D eigenvalue weighted by molar-refractivity contribution is 0.0461. The summed E-state index contributed by atoms with van der Waals surface area (Å²) in [6, 6.07) is 17.6. The van der Waals surface area contributed by atoms with Gasteiger partial charge in [0.25, 0.3) is 5.91 Å². The minimum atomic E-state index is -0.393. The molecule has 6 heteroatoms. The van der Waals surface area contributed by atoms with Gasteiger partial charge in [0.15, 0.2) is 11.5 Å². The lowest BCUT2D eigenvalue weighted by Crippen LogP contribution is -2.41. The van der Waals surface area contributed by atoms with Crippen LogP contribution >= 0.6 is 0 Å². The van der Waals surface area contributed by atoms with Crippen molar-refractivity contribution in [1.29, 1.82) is 0 Å². The van der Waals surface area contributed by atoms with Crippen LogP contribution in [0.5, 0.6) is 5.75 Å². The van der Waals surface area contributed by atoms with Gasteiger partial charge in [-0.25, -0.2) is 0 Å². The first-order valence-electron chi connectivity index (χ1n) is 11.2. The Labute approximate surface area is 188 Å². The van der Waals surface area contributed by atoms with Crippen LogP contribution < -0.4 is 4.74 Å². The summed E-state index contributed by atoms with van der Waals surface area (Å²) < 4.78 is 11.1. The minimum absolute atomic E-state index is 0.137. The van der Waals surface area contributed by atoms with Gasteiger partial charge in [0.1, 0.15) is 12.4 Å². The van der Waals surface area contributed by atoms with Gasteiger partial charge in [0.05, 0.1) is 6.10 Å². The summed E-state index contributed by atoms with van der Waals surface area (Å²) in [6.45, 7) is 5.53. The predicted octanol–water partition coefficient (Wildman–Crippen LogP) is 4.33. The van der Waals surface area contributed by atoms with E-state index in [9.17, 15) is 9.90 Å². The van der Waals surface area contributed by atoms with Crippen LogP contribution in [0.25, 0.3) is 0 Å². The van der Waals surface area contributed by atoms with Crippen LogP contribution in [-0.2, 0) is 13.0 Å². The van der Waals surface area contributed by atoms with E-state index in [-0.39, 0.29) is 18.4 Å². The zero-order valence-electron chi connectivity index (χ0n) is 18.7. The van der Waals surface area contributed by atoms with Crippen molar-refractivity contribution in [2.24, 2.45) is 5.92 Å². The lowest BCUT2D eigenvalue weighted by atomic mass is 9.88. The molecule has 0 bridgehead atoms. The molecule has 3 aromatic rings. The van der Waals surface area contributed by atoms with Crippen molar-refractivity contribution in [1.82, 2.24) is 10.1 Å². The first-order valence-corrected chi connectivity index (χ1v) is 11.2. The molecule has 1 unspecified atom stereocenters. The zero-order valence-corrected chi connectivity index (χ0v) is 18.7. The molecule has 0 aliphatic carbocycles. The topological polar surface area (TPSA) is 75.8 Å². The number of nitrogens with zero attached hydrogens (tertiary/aromatic N) is 2. The zero-order chi connectivity index (χ0) is 22.5. The number of rotatable bonds is 7. The highest BCUT2D eigenvalue weighted by Crippen LogP contribution is 2.24. The molecule has 2 aromatic carbocycles. The van der Waals surface area contributed by atoms with E-state index in [1.807, 2.05) is 55.5 Å². The normalized spacial score (nSPS) is 15.5. The number of aliphatic hydroxyl groups is 1. The third-order valence-corrected chi connectivity index (χ3v) is 6.30. The molecule has 32 heavy (non-hydrogen) atoms. The van der Waals surface area contributed by atoms with Crippen molar-refractivity contribution in [2.45, 2.75) is 45.8 Å². The summed E-state index contributed by atoms with van der Waals surface area (Å²) in [5.41, 5.74) is 3.80. The Balaban J connectivity index is 1.27. The van der Waals surface area contributed by atoms with E-state index in [1.165, 1.54) is 5.56 Å². The maximum atomic E-state index is 12.8. The van der Waals surface area contributed by atoms with E-state index < -0.39 is 6.10 Å². The molecule has 1 saturated heterocycles. The Morgan fingerprint density at radius 2 is 1.88 bits per heavy atom. The highest BCUT2D eigenvalue weighted by Gasteiger charge is 2.29. The fraction of sp³-hybridized carbons (Fsp3) is 0.385. The monoisotopic (exact) mass is 434 g/mol. The van der Waals surface area contributed by atoms with Crippen LogP contribution in [-0.4, -0.2) is 40.3 Å². The fourth-order valence-corrected chi connectivity index (χ4v) is 4.11. The Bertz CT molecular complexity index is 1040.